The Hall–Kier alpha value is -1.38. The molecule has 3 N–H and O–H groups in total. The van der Waals surface area contributed by atoms with Crippen molar-refractivity contribution in [3.63, 3.8) is 0 Å². The number of anilines is 2. The molecule has 0 aromatic heterocycles. The van der Waals surface area contributed by atoms with Crippen molar-refractivity contribution >= 4 is 11.4 Å². The second kappa shape index (κ2) is 4.43. The van der Waals surface area contributed by atoms with Crippen LogP contribution in [0.1, 0.15) is 25.7 Å². The van der Waals surface area contributed by atoms with E-state index in [-0.39, 0.29) is 0 Å². The van der Waals surface area contributed by atoms with E-state index in [0.29, 0.717) is 6.04 Å². The van der Waals surface area contributed by atoms with Crippen molar-refractivity contribution in [2.45, 2.75) is 31.7 Å². The zero-order chi connectivity index (χ0) is 10.7. The molecule has 0 saturated heterocycles. The largest absolute Gasteiger partial charge is 0.497 e. The van der Waals surface area contributed by atoms with E-state index in [1.807, 2.05) is 18.2 Å². The Morgan fingerprint density at radius 3 is 2.73 bits per heavy atom. The van der Waals surface area contributed by atoms with Gasteiger partial charge in [0, 0.05) is 12.1 Å². The number of nitrogens with one attached hydrogen (secondary N) is 1. The van der Waals surface area contributed by atoms with Crippen molar-refractivity contribution in [2.24, 2.45) is 0 Å². The lowest BCUT2D eigenvalue weighted by Gasteiger charge is -2.16. The van der Waals surface area contributed by atoms with Gasteiger partial charge in [0.1, 0.15) is 5.75 Å². The van der Waals surface area contributed by atoms with Crippen LogP contribution in [0.25, 0.3) is 0 Å². The van der Waals surface area contributed by atoms with Gasteiger partial charge in [0.2, 0.25) is 0 Å². The van der Waals surface area contributed by atoms with Crippen molar-refractivity contribution in [1.29, 1.82) is 0 Å². The highest BCUT2D eigenvalue weighted by atomic mass is 16.5. The highest BCUT2D eigenvalue weighted by molar-refractivity contribution is 5.68. The topological polar surface area (TPSA) is 47.3 Å². The summed E-state index contributed by atoms with van der Waals surface area (Å²) in [5.74, 6) is 0.852. The van der Waals surface area contributed by atoms with Gasteiger partial charge in [-0.1, -0.05) is 12.8 Å². The zero-order valence-corrected chi connectivity index (χ0v) is 9.12. The van der Waals surface area contributed by atoms with Gasteiger partial charge in [-0.2, -0.15) is 0 Å². The molecule has 0 spiro atoms. The summed E-state index contributed by atoms with van der Waals surface area (Å²) >= 11 is 0. The van der Waals surface area contributed by atoms with Crippen LogP contribution in [0.15, 0.2) is 18.2 Å². The molecular formula is C12H18N2O. The molecule has 0 bridgehead atoms. The highest BCUT2D eigenvalue weighted by Gasteiger charge is 2.15. The molecule has 0 amide bonds. The normalized spacial score (nSPS) is 16.6. The average molecular weight is 206 g/mol. The van der Waals surface area contributed by atoms with E-state index in [1.165, 1.54) is 25.7 Å². The number of methoxy groups -OCH3 is 1. The zero-order valence-electron chi connectivity index (χ0n) is 9.12. The summed E-state index contributed by atoms with van der Waals surface area (Å²) in [6.45, 7) is 0. The predicted molar refractivity (Wildman–Crippen MR) is 63.3 cm³/mol. The van der Waals surface area contributed by atoms with E-state index in [0.717, 1.165) is 17.1 Å². The van der Waals surface area contributed by atoms with Crippen molar-refractivity contribution in [3.8, 4) is 5.75 Å². The molecule has 3 heteroatoms. The van der Waals surface area contributed by atoms with Crippen LogP contribution in [0.2, 0.25) is 0 Å². The Morgan fingerprint density at radius 2 is 2.07 bits per heavy atom. The van der Waals surface area contributed by atoms with Crippen LogP contribution < -0.4 is 15.8 Å². The van der Waals surface area contributed by atoms with Crippen LogP contribution in [0.4, 0.5) is 11.4 Å². The third kappa shape index (κ3) is 2.35. The molecule has 1 fully saturated rings. The average Bonchev–Trinajstić information content (AvgIpc) is 2.74. The molecule has 1 aliphatic carbocycles. The first-order chi connectivity index (χ1) is 7.29. The lowest BCUT2D eigenvalue weighted by molar-refractivity contribution is 0.415. The molecule has 1 aromatic rings. The molecule has 0 atom stereocenters. The number of hydrogen-bond acceptors (Lipinski definition) is 3. The summed E-state index contributed by atoms with van der Waals surface area (Å²) in [6.07, 6.45) is 5.14. The molecule has 1 aromatic carbocycles. The van der Waals surface area contributed by atoms with Crippen molar-refractivity contribution < 1.29 is 4.74 Å². The van der Waals surface area contributed by atoms with Crippen molar-refractivity contribution in [2.75, 3.05) is 18.2 Å². The molecule has 1 aliphatic rings. The lowest BCUT2D eigenvalue weighted by atomic mass is 10.2. The summed E-state index contributed by atoms with van der Waals surface area (Å²) in [5, 5.41) is 3.48. The fourth-order valence-corrected chi connectivity index (χ4v) is 2.08. The fraction of sp³-hybridized carbons (Fsp3) is 0.500. The van der Waals surface area contributed by atoms with Crippen molar-refractivity contribution in [1.82, 2.24) is 0 Å². The Kier molecular flexibility index (Phi) is 2.99. The van der Waals surface area contributed by atoms with Crippen LogP contribution >= 0.6 is 0 Å². The highest BCUT2D eigenvalue weighted by Crippen LogP contribution is 2.28. The number of benzene rings is 1. The van der Waals surface area contributed by atoms with Crippen LogP contribution in [0.3, 0.4) is 0 Å². The fourth-order valence-electron chi connectivity index (χ4n) is 2.08. The third-order valence-corrected chi connectivity index (χ3v) is 2.98. The molecule has 0 heterocycles. The van der Waals surface area contributed by atoms with E-state index in [2.05, 4.69) is 5.32 Å². The SMILES string of the molecule is COc1ccc(N)c(NC2CCCC2)c1. The van der Waals surface area contributed by atoms with E-state index < -0.39 is 0 Å². The monoisotopic (exact) mass is 206 g/mol. The molecule has 0 radical (unpaired) electrons. The first kappa shape index (κ1) is 10.1. The second-order valence-electron chi connectivity index (χ2n) is 4.08. The van der Waals surface area contributed by atoms with Gasteiger partial charge < -0.3 is 15.8 Å². The summed E-state index contributed by atoms with van der Waals surface area (Å²) < 4.78 is 5.18. The van der Waals surface area contributed by atoms with Crippen molar-refractivity contribution in [3.05, 3.63) is 18.2 Å². The lowest BCUT2D eigenvalue weighted by Crippen LogP contribution is -2.15. The second-order valence-corrected chi connectivity index (χ2v) is 4.08. The number of hydrogen-bond donors (Lipinski definition) is 2. The Morgan fingerprint density at radius 1 is 1.33 bits per heavy atom. The summed E-state index contributed by atoms with van der Waals surface area (Å²) in [5.41, 5.74) is 7.70. The predicted octanol–water partition coefficient (Wildman–Crippen LogP) is 2.63. The quantitative estimate of drug-likeness (QED) is 0.747. The van der Waals surface area contributed by atoms with Gasteiger partial charge in [0.05, 0.1) is 18.5 Å². The molecule has 3 nitrogen and oxygen atoms in total. The van der Waals surface area contributed by atoms with Gasteiger partial charge in [0.15, 0.2) is 0 Å². The first-order valence-electron chi connectivity index (χ1n) is 5.49. The number of ether oxygens (including phenoxy) is 1. The smallest absolute Gasteiger partial charge is 0.121 e. The minimum absolute atomic E-state index is 0.583. The third-order valence-electron chi connectivity index (χ3n) is 2.98. The maximum atomic E-state index is 5.90. The molecular weight excluding hydrogens is 188 g/mol. The van der Waals surface area contributed by atoms with E-state index in [9.17, 15) is 0 Å². The van der Waals surface area contributed by atoms with Gasteiger partial charge in [-0.05, 0) is 25.0 Å². The maximum Gasteiger partial charge on any atom is 0.121 e. The molecule has 0 aliphatic heterocycles. The first-order valence-corrected chi connectivity index (χ1v) is 5.49. The summed E-state index contributed by atoms with van der Waals surface area (Å²) in [6, 6.07) is 6.32. The Labute approximate surface area is 90.6 Å². The van der Waals surface area contributed by atoms with Crippen LogP contribution in [-0.2, 0) is 0 Å². The van der Waals surface area contributed by atoms with Crippen LogP contribution in [-0.4, -0.2) is 13.2 Å². The molecule has 2 rings (SSSR count). The maximum absolute atomic E-state index is 5.90. The Bertz CT molecular complexity index is 332. The van der Waals surface area contributed by atoms with Gasteiger partial charge in [0.25, 0.3) is 0 Å². The standard InChI is InChI=1S/C12H18N2O/c1-15-10-6-7-11(13)12(8-10)14-9-4-2-3-5-9/h6-9,14H,2-5,13H2,1H3. The van der Waals surface area contributed by atoms with E-state index in [4.69, 9.17) is 10.5 Å². The summed E-state index contributed by atoms with van der Waals surface area (Å²) in [7, 11) is 1.67. The van der Waals surface area contributed by atoms with Gasteiger partial charge in [-0.15, -0.1) is 0 Å². The summed E-state index contributed by atoms with van der Waals surface area (Å²) in [4.78, 5) is 0. The molecule has 15 heavy (non-hydrogen) atoms. The van der Waals surface area contributed by atoms with E-state index in [1.54, 1.807) is 7.11 Å². The molecule has 1 saturated carbocycles. The van der Waals surface area contributed by atoms with Gasteiger partial charge in [-0.25, -0.2) is 0 Å². The number of rotatable bonds is 3. The molecule has 82 valence electrons. The number of nitrogens with two attached hydrogens (primary N) is 1. The van der Waals surface area contributed by atoms with Crippen LogP contribution in [0.5, 0.6) is 5.75 Å². The van der Waals surface area contributed by atoms with Gasteiger partial charge >= 0.3 is 0 Å². The minimum atomic E-state index is 0.583. The molecule has 0 unspecified atom stereocenters. The number of nitrogen functional groups attached to an aromatic ring is 1. The minimum Gasteiger partial charge on any atom is -0.497 e. The van der Waals surface area contributed by atoms with Gasteiger partial charge in [-0.3, -0.25) is 0 Å². The van der Waals surface area contributed by atoms with E-state index >= 15 is 0 Å². The van der Waals surface area contributed by atoms with Crippen LogP contribution in [0, 0.1) is 0 Å². The Balaban J connectivity index is 2.11.